The summed E-state index contributed by atoms with van der Waals surface area (Å²) in [4.78, 5) is 26.1. The Morgan fingerprint density at radius 2 is 1.81 bits per heavy atom. The van der Waals surface area contributed by atoms with Crippen molar-refractivity contribution >= 4 is 18.0 Å². The third-order valence-corrected chi connectivity index (χ3v) is 4.49. The van der Waals surface area contributed by atoms with Gasteiger partial charge in [-0.3, -0.25) is 9.59 Å². The number of carbonyl (C=O) groups is 2. The zero-order valence-corrected chi connectivity index (χ0v) is 15.6. The summed E-state index contributed by atoms with van der Waals surface area (Å²) in [6.45, 7) is 4.09. The first-order chi connectivity index (χ1) is 13.1. The first-order valence-corrected chi connectivity index (χ1v) is 9.02. The highest BCUT2D eigenvalue weighted by Gasteiger charge is 2.28. The molecule has 3 rings (SSSR count). The van der Waals surface area contributed by atoms with Crippen LogP contribution in [0.25, 0.3) is 6.08 Å². The van der Waals surface area contributed by atoms with Crippen LogP contribution in [0, 0.1) is 0 Å². The third-order valence-electron chi connectivity index (χ3n) is 4.49. The Morgan fingerprint density at radius 1 is 1.07 bits per heavy atom. The first kappa shape index (κ1) is 18.7. The zero-order valence-electron chi connectivity index (χ0n) is 15.6. The van der Waals surface area contributed by atoms with Crippen molar-refractivity contribution < 1.29 is 19.1 Å². The minimum Gasteiger partial charge on any atom is -0.493 e. The summed E-state index contributed by atoms with van der Waals surface area (Å²) >= 11 is 0. The summed E-state index contributed by atoms with van der Waals surface area (Å²) in [7, 11) is 0. The summed E-state index contributed by atoms with van der Waals surface area (Å²) in [6, 6.07) is 14.9. The van der Waals surface area contributed by atoms with Crippen molar-refractivity contribution in [1.82, 2.24) is 4.90 Å². The number of carbonyl (C=O) groups excluding carboxylic acids is 2. The summed E-state index contributed by atoms with van der Waals surface area (Å²) in [5.74, 6) is 0.243. The molecule has 0 saturated heterocycles. The fraction of sp³-hybridized carbons (Fsp3) is 0.273. The van der Waals surface area contributed by atoms with Gasteiger partial charge in [0.2, 0.25) is 5.91 Å². The SMILES string of the molecule is CCOc1ccccc1COC(=O)CC1c2ccccc2C=CN1C(C)=O. The quantitative estimate of drug-likeness (QED) is 0.724. The largest absolute Gasteiger partial charge is 0.493 e. The van der Waals surface area contributed by atoms with Crippen LogP contribution in [0.1, 0.15) is 43.0 Å². The molecule has 1 atom stereocenters. The molecule has 1 unspecified atom stereocenters. The van der Waals surface area contributed by atoms with Crippen molar-refractivity contribution in [2.24, 2.45) is 0 Å². The van der Waals surface area contributed by atoms with E-state index in [9.17, 15) is 9.59 Å². The topological polar surface area (TPSA) is 55.8 Å². The fourth-order valence-electron chi connectivity index (χ4n) is 3.21. The molecule has 0 fully saturated rings. The lowest BCUT2D eigenvalue weighted by Gasteiger charge is -2.32. The van der Waals surface area contributed by atoms with Gasteiger partial charge >= 0.3 is 5.97 Å². The minimum absolute atomic E-state index is 0.0950. The Bertz CT molecular complexity index is 859. The van der Waals surface area contributed by atoms with Crippen LogP contribution in [0.3, 0.4) is 0 Å². The molecule has 5 nitrogen and oxygen atoms in total. The average Bonchev–Trinajstić information content (AvgIpc) is 2.67. The van der Waals surface area contributed by atoms with Gasteiger partial charge in [0.25, 0.3) is 0 Å². The molecule has 0 aliphatic carbocycles. The van der Waals surface area contributed by atoms with Gasteiger partial charge in [0.1, 0.15) is 12.4 Å². The number of nitrogens with zero attached hydrogens (tertiary/aromatic N) is 1. The van der Waals surface area contributed by atoms with Crippen molar-refractivity contribution in [3.8, 4) is 5.75 Å². The van der Waals surface area contributed by atoms with Crippen LogP contribution in [0.4, 0.5) is 0 Å². The van der Waals surface area contributed by atoms with Gasteiger partial charge in [-0.05, 0) is 30.2 Å². The molecule has 0 spiro atoms. The number of amides is 1. The van der Waals surface area contributed by atoms with Gasteiger partial charge in [-0.15, -0.1) is 0 Å². The second-order valence-electron chi connectivity index (χ2n) is 6.29. The Balaban J connectivity index is 1.71. The van der Waals surface area contributed by atoms with Gasteiger partial charge < -0.3 is 14.4 Å². The van der Waals surface area contributed by atoms with E-state index >= 15 is 0 Å². The van der Waals surface area contributed by atoms with E-state index in [4.69, 9.17) is 9.47 Å². The molecular weight excluding hydrogens is 342 g/mol. The van der Waals surface area contributed by atoms with E-state index in [1.165, 1.54) is 6.92 Å². The van der Waals surface area contributed by atoms with Gasteiger partial charge in [0, 0.05) is 18.7 Å². The summed E-state index contributed by atoms with van der Waals surface area (Å²) in [5, 5.41) is 0. The van der Waals surface area contributed by atoms with Gasteiger partial charge in [-0.1, -0.05) is 42.5 Å². The maximum atomic E-state index is 12.5. The molecule has 2 aromatic carbocycles. The van der Waals surface area contributed by atoms with E-state index in [1.54, 1.807) is 11.1 Å². The van der Waals surface area contributed by atoms with E-state index in [1.807, 2.05) is 61.5 Å². The Labute approximate surface area is 159 Å². The summed E-state index contributed by atoms with van der Waals surface area (Å²) < 4.78 is 11.0. The second kappa shape index (κ2) is 8.54. The molecule has 140 valence electrons. The molecule has 5 heteroatoms. The highest BCUT2D eigenvalue weighted by atomic mass is 16.5. The molecule has 0 N–H and O–H groups in total. The van der Waals surface area contributed by atoms with Crippen LogP contribution < -0.4 is 4.74 Å². The lowest BCUT2D eigenvalue weighted by atomic mass is 9.94. The van der Waals surface area contributed by atoms with E-state index < -0.39 is 0 Å². The molecule has 1 aliphatic rings. The van der Waals surface area contributed by atoms with E-state index in [2.05, 4.69) is 0 Å². The standard InChI is InChI=1S/C22H23NO4/c1-3-26-21-11-7-5-9-18(21)15-27-22(25)14-20-19-10-6-4-8-17(19)12-13-23(20)16(2)24/h4-13,20H,3,14-15H2,1-2H3. The molecular formula is C22H23NO4. The number of benzene rings is 2. The smallest absolute Gasteiger partial charge is 0.308 e. The van der Waals surface area contributed by atoms with E-state index in [-0.39, 0.29) is 30.9 Å². The summed E-state index contributed by atoms with van der Waals surface area (Å²) in [6.07, 6.45) is 3.71. The molecule has 0 aromatic heterocycles. The maximum Gasteiger partial charge on any atom is 0.308 e. The molecule has 27 heavy (non-hydrogen) atoms. The molecule has 0 bridgehead atoms. The van der Waals surface area contributed by atoms with Crippen LogP contribution >= 0.6 is 0 Å². The van der Waals surface area contributed by atoms with E-state index in [0.29, 0.717) is 12.4 Å². The van der Waals surface area contributed by atoms with Crippen LogP contribution in [-0.4, -0.2) is 23.4 Å². The highest BCUT2D eigenvalue weighted by Crippen LogP contribution is 2.33. The first-order valence-electron chi connectivity index (χ1n) is 9.02. The normalized spacial score (nSPS) is 15.2. The average molecular weight is 365 g/mol. The van der Waals surface area contributed by atoms with Crippen molar-refractivity contribution in [2.75, 3.05) is 6.61 Å². The van der Waals surface area contributed by atoms with Crippen LogP contribution in [0.5, 0.6) is 5.75 Å². The Morgan fingerprint density at radius 3 is 2.59 bits per heavy atom. The van der Waals surface area contributed by atoms with Crippen molar-refractivity contribution in [2.45, 2.75) is 32.9 Å². The fourth-order valence-corrected chi connectivity index (χ4v) is 3.21. The maximum absolute atomic E-state index is 12.5. The summed E-state index contributed by atoms with van der Waals surface area (Å²) in [5.41, 5.74) is 2.77. The van der Waals surface area contributed by atoms with Gasteiger partial charge in [0.15, 0.2) is 0 Å². The number of hydrogen-bond acceptors (Lipinski definition) is 4. The van der Waals surface area contributed by atoms with Crippen LogP contribution in [-0.2, 0) is 20.9 Å². The lowest BCUT2D eigenvalue weighted by Crippen LogP contribution is -2.32. The number of rotatable bonds is 6. The number of ether oxygens (including phenoxy) is 2. The van der Waals surface area contributed by atoms with Crippen molar-refractivity contribution in [3.63, 3.8) is 0 Å². The van der Waals surface area contributed by atoms with Gasteiger partial charge in [0.05, 0.1) is 19.1 Å². The second-order valence-corrected chi connectivity index (χ2v) is 6.29. The molecule has 1 heterocycles. The number of esters is 1. The predicted molar refractivity (Wildman–Crippen MR) is 103 cm³/mol. The van der Waals surface area contributed by atoms with Crippen LogP contribution in [0.2, 0.25) is 0 Å². The van der Waals surface area contributed by atoms with Gasteiger partial charge in [-0.2, -0.15) is 0 Å². The third kappa shape index (κ3) is 4.37. The zero-order chi connectivity index (χ0) is 19.2. The highest BCUT2D eigenvalue weighted by molar-refractivity contribution is 5.80. The van der Waals surface area contributed by atoms with Crippen LogP contribution in [0.15, 0.2) is 54.7 Å². The van der Waals surface area contributed by atoms with Crippen molar-refractivity contribution in [3.05, 3.63) is 71.4 Å². The molecule has 2 aromatic rings. The monoisotopic (exact) mass is 365 g/mol. The van der Waals surface area contributed by atoms with Gasteiger partial charge in [-0.25, -0.2) is 0 Å². The Hall–Kier alpha value is -3.08. The minimum atomic E-state index is -0.363. The number of para-hydroxylation sites is 1. The number of fused-ring (bicyclic) bond motifs is 1. The van der Waals surface area contributed by atoms with E-state index in [0.717, 1.165) is 16.7 Å². The Kier molecular flexibility index (Phi) is 5.91. The molecule has 1 aliphatic heterocycles. The molecule has 1 amide bonds. The molecule has 0 radical (unpaired) electrons. The van der Waals surface area contributed by atoms with Crippen molar-refractivity contribution in [1.29, 1.82) is 0 Å². The lowest BCUT2D eigenvalue weighted by molar-refractivity contribution is -0.147. The molecule has 0 saturated carbocycles. The number of hydrogen-bond donors (Lipinski definition) is 0. The predicted octanol–water partition coefficient (Wildman–Crippen LogP) is 4.09.